The quantitative estimate of drug-likeness (QED) is 0.484. The molecule has 1 aliphatic heterocycles. The van der Waals surface area contributed by atoms with Crippen molar-refractivity contribution in [2.75, 3.05) is 0 Å². The topological polar surface area (TPSA) is 32.3 Å². The van der Waals surface area contributed by atoms with E-state index in [1.54, 1.807) is 0 Å². The van der Waals surface area contributed by atoms with Crippen LogP contribution in [0, 0.1) is 29.6 Å². The molecule has 1 N–H and O–H groups in total. The lowest BCUT2D eigenvalue weighted by Crippen LogP contribution is -2.44. The standard InChI is InChI=1S/C20H36N2O.C4H10.C2H6.H2/c1-11(2)16-17(12(3)4)19(14(7)8)22(15(9)10)20(23)21-18(16)13(5)6;1-4(2)3;1-2;/h11-15H,1-10H3,(H,21,23);4H,1-3H3;1-2H3;1H. The molecule has 29 heavy (non-hydrogen) atoms. The minimum Gasteiger partial charge on any atom is -0.311 e. The van der Waals surface area contributed by atoms with Gasteiger partial charge in [0.15, 0.2) is 0 Å². The summed E-state index contributed by atoms with van der Waals surface area (Å²) in [5.74, 6) is 2.20. The van der Waals surface area contributed by atoms with E-state index in [2.05, 4.69) is 95.3 Å². The normalized spacial score (nSPS) is 15.2. The van der Waals surface area contributed by atoms with Crippen LogP contribution in [0.5, 0.6) is 0 Å². The van der Waals surface area contributed by atoms with Gasteiger partial charge in [0, 0.05) is 18.9 Å². The van der Waals surface area contributed by atoms with Crippen molar-refractivity contribution in [3.63, 3.8) is 0 Å². The number of hydrogen-bond donors (Lipinski definition) is 1. The zero-order chi connectivity index (χ0) is 23.6. The maximum Gasteiger partial charge on any atom is 0.326 e. The molecule has 1 heterocycles. The third-order valence-corrected chi connectivity index (χ3v) is 4.37. The van der Waals surface area contributed by atoms with Crippen molar-refractivity contribution in [2.45, 2.75) is 110 Å². The van der Waals surface area contributed by atoms with Crippen LogP contribution in [0.15, 0.2) is 22.5 Å². The van der Waals surface area contributed by atoms with Crippen molar-refractivity contribution in [1.82, 2.24) is 10.2 Å². The molecule has 0 unspecified atom stereocenters. The molecule has 0 radical (unpaired) electrons. The van der Waals surface area contributed by atoms with Gasteiger partial charge in [0.05, 0.1) is 0 Å². The fourth-order valence-electron chi connectivity index (χ4n) is 3.55. The van der Waals surface area contributed by atoms with Crippen LogP contribution in [-0.4, -0.2) is 17.0 Å². The van der Waals surface area contributed by atoms with E-state index in [0.29, 0.717) is 23.7 Å². The first kappa shape index (κ1) is 29.9. The number of nitrogens with one attached hydrogen (secondary N) is 1. The van der Waals surface area contributed by atoms with Gasteiger partial charge >= 0.3 is 6.03 Å². The Morgan fingerprint density at radius 2 is 1.03 bits per heavy atom. The molecule has 0 aromatic heterocycles. The predicted octanol–water partition coefficient (Wildman–Crippen LogP) is 8.49. The summed E-state index contributed by atoms with van der Waals surface area (Å²) in [7, 11) is 0. The highest BCUT2D eigenvalue weighted by atomic mass is 16.2. The monoisotopic (exact) mass is 410 g/mol. The molecule has 0 saturated carbocycles. The van der Waals surface area contributed by atoms with Crippen molar-refractivity contribution >= 4 is 6.03 Å². The Labute approximate surface area is 184 Å². The number of nitrogens with zero attached hydrogens (tertiary/aromatic N) is 1. The third-order valence-electron chi connectivity index (χ3n) is 4.37. The highest BCUT2D eigenvalue weighted by Crippen LogP contribution is 2.39. The average molecular weight is 411 g/mol. The van der Waals surface area contributed by atoms with Crippen LogP contribution in [0.3, 0.4) is 0 Å². The number of allylic oxidation sites excluding steroid dienone is 4. The number of amides is 2. The summed E-state index contributed by atoms with van der Waals surface area (Å²) >= 11 is 0. The lowest BCUT2D eigenvalue weighted by atomic mass is 9.81. The van der Waals surface area contributed by atoms with Crippen molar-refractivity contribution < 1.29 is 6.22 Å². The first-order chi connectivity index (χ1) is 13.2. The van der Waals surface area contributed by atoms with Gasteiger partial charge in [-0.15, -0.1) is 0 Å². The van der Waals surface area contributed by atoms with Crippen molar-refractivity contribution in [3.05, 3.63) is 22.5 Å². The molecular formula is C26H54N2O. The third kappa shape index (κ3) is 8.97. The lowest BCUT2D eigenvalue weighted by molar-refractivity contribution is 0.197. The maximum absolute atomic E-state index is 13.0. The van der Waals surface area contributed by atoms with Crippen LogP contribution in [0.2, 0.25) is 0 Å². The van der Waals surface area contributed by atoms with E-state index in [1.165, 1.54) is 16.8 Å². The molecule has 1 rings (SSSR count). The van der Waals surface area contributed by atoms with Crippen LogP contribution < -0.4 is 5.32 Å². The van der Waals surface area contributed by atoms with Gasteiger partial charge in [-0.1, -0.05) is 90.0 Å². The summed E-state index contributed by atoms with van der Waals surface area (Å²) in [6, 6.07) is 0.155. The Morgan fingerprint density at radius 3 is 1.28 bits per heavy atom. The SMILES string of the molecule is CC.CC(C)C.CC(C)C1=C(C(C)C)C(C(C)C)=C(C(C)C)N(C(C)C)C(=O)N1.[HH]. The van der Waals surface area contributed by atoms with Crippen molar-refractivity contribution in [1.29, 1.82) is 0 Å². The zero-order valence-corrected chi connectivity index (χ0v) is 22.3. The smallest absolute Gasteiger partial charge is 0.311 e. The Balaban J connectivity index is -0.000000928. The second kappa shape index (κ2) is 13.9. The van der Waals surface area contributed by atoms with Crippen molar-refractivity contribution in [2.24, 2.45) is 29.6 Å². The molecule has 0 aromatic carbocycles. The Bertz CT molecular complexity index is 553. The summed E-state index contributed by atoms with van der Waals surface area (Å²) < 4.78 is 0. The number of urea groups is 1. The molecule has 174 valence electrons. The molecule has 0 fully saturated rings. The van der Waals surface area contributed by atoms with Gasteiger partial charge in [-0.25, -0.2) is 4.79 Å². The van der Waals surface area contributed by atoms with Crippen LogP contribution >= 0.6 is 0 Å². The van der Waals surface area contributed by atoms with Gasteiger partial charge in [-0.2, -0.15) is 0 Å². The van der Waals surface area contributed by atoms with Crippen LogP contribution in [0.4, 0.5) is 4.79 Å². The summed E-state index contributed by atoms with van der Waals surface area (Å²) in [4.78, 5) is 14.9. The second-order valence-electron chi connectivity index (χ2n) is 9.87. The fraction of sp³-hybridized carbons (Fsp3) is 0.808. The summed E-state index contributed by atoms with van der Waals surface area (Å²) in [5.41, 5.74) is 4.96. The minimum absolute atomic E-state index is 0. The second-order valence-corrected chi connectivity index (χ2v) is 9.87. The average Bonchev–Trinajstić information content (AvgIpc) is 2.70. The maximum atomic E-state index is 13.0. The van der Waals surface area contributed by atoms with E-state index in [4.69, 9.17) is 0 Å². The molecule has 2 amide bonds. The Hall–Kier alpha value is -1.25. The van der Waals surface area contributed by atoms with Gasteiger partial charge in [0.25, 0.3) is 0 Å². The molecule has 0 saturated heterocycles. The van der Waals surface area contributed by atoms with Crippen LogP contribution in [0.25, 0.3) is 0 Å². The highest BCUT2D eigenvalue weighted by Gasteiger charge is 2.34. The molecule has 3 nitrogen and oxygen atoms in total. The van der Waals surface area contributed by atoms with E-state index < -0.39 is 0 Å². The summed E-state index contributed by atoms with van der Waals surface area (Å²) in [6.45, 7) is 32.3. The van der Waals surface area contributed by atoms with Gasteiger partial charge < -0.3 is 5.32 Å². The molecule has 0 atom stereocenters. The molecule has 1 aliphatic rings. The van der Waals surface area contributed by atoms with Crippen molar-refractivity contribution in [3.8, 4) is 0 Å². The largest absolute Gasteiger partial charge is 0.326 e. The first-order valence-corrected chi connectivity index (χ1v) is 11.8. The zero-order valence-electron chi connectivity index (χ0n) is 22.3. The minimum atomic E-state index is 0. The van der Waals surface area contributed by atoms with Gasteiger partial charge in [0.2, 0.25) is 0 Å². The highest BCUT2D eigenvalue weighted by molar-refractivity contribution is 5.80. The van der Waals surface area contributed by atoms with E-state index in [1.807, 2.05) is 18.7 Å². The van der Waals surface area contributed by atoms with Gasteiger partial charge in [0.1, 0.15) is 0 Å². The molecule has 0 aromatic rings. The van der Waals surface area contributed by atoms with E-state index in [0.717, 1.165) is 11.6 Å². The van der Waals surface area contributed by atoms with E-state index in [-0.39, 0.29) is 13.5 Å². The molecule has 0 spiro atoms. The molecule has 0 bridgehead atoms. The van der Waals surface area contributed by atoms with E-state index in [9.17, 15) is 4.79 Å². The number of carbonyl (C=O) groups is 1. The lowest BCUT2D eigenvalue weighted by Gasteiger charge is -2.33. The Morgan fingerprint density at radius 1 is 0.655 bits per heavy atom. The summed E-state index contributed by atoms with van der Waals surface area (Å²) in [5, 5.41) is 3.24. The van der Waals surface area contributed by atoms with E-state index >= 15 is 0 Å². The summed E-state index contributed by atoms with van der Waals surface area (Å²) in [6.07, 6.45) is 0. The van der Waals surface area contributed by atoms with Crippen LogP contribution in [0.1, 0.15) is 105 Å². The first-order valence-electron chi connectivity index (χ1n) is 11.8. The molecule has 0 aliphatic carbocycles. The molecular weight excluding hydrogens is 356 g/mol. The number of carbonyl (C=O) groups excluding carboxylic acids is 1. The van der Waals surface area contributed by atoms with Crippen LogP contribution in [-0.2, 0) is 0 Å². The number of hydrogen-bond acceptors (Lipinski definition) is 1. The fourth-order valence-corrected chi connectivity index (χ4v) is 3.55. The predicted molar refractivity (Wildman–Crippen MR) is 133 cm³/mol. The number of rotatable bonds is 5. The molecule has 3 heteroatoms. The van der Waals surface area contributed by atoms with Gasteiger partial charge in [-0.05, 0) is 54.6 Å². The van der Waals surface area contributed by atoms with Gasteiger partial charge in [-0.3, -0.25) is 4.90 Å². The Kier molecular flexibility index (Phi) is 14.3.